The van der Waals surface area contributed by atoms with Gasteiger partial charge >= 0.3 is 0 Å². The Labute approximate surface area is 188 Å². The van der Waals surface area contributed by atoms with Gasteiger partial charge in [-0.1, -0.05) is 24.3 Å². The molecule has 3 aromatic rings. The summed E-state index contributed by atoms with van der Waals surface area (Å²) in [5.41, 5.74) is 4.44. The lowest BCUT2D eigenvalue weighted by atomic mass is 9.96. The molecule has 8 heteroatoms. The third-order valence-electron chi connectivity index (χ3n) is 5.87. The molecule has 0 radical (unpaired) electrons. The molecule has 1 aliphatic heterocycles. The first kappa shape index (κ1) is 21.8. The topological polar surface area (TPSA) is 85.2 Å². The van der Waals surface area contributed by atoms with Gasteiger partial charge in [0, 0.05) is 43.5 Å². The van der Waals surface area contributed by atoms with Crippen molar-refractivity contribution >= 4 is 11.9 Å². The van der Waals surface area contributed by atoms with Gasteiger partial charge in [-0.3, -0.25) is 9.48 Å². The van der Waals surface area contributed by atoms with Crippen molar-refractivity contribution in [1.29, 1.82) is 0 Å². The zero-order valence-electron chi connectivity index (χ0n) is 18.9. The molecular formula is C24H30N6O2. The SMILES string of the molecule is COc1ccnc(N2CCC(C(=O)NCc3cccc(Cn4nc(C)cc4C)c3)CC2)n1. The first-order valence-electron chi connectivity index (χ1n) is 11.0. The van der Waals surface area contributed by atoms with Crippen molar-refractivity contribution in [3.05, 3.63) is 65.1 Å². The molecule has 4 rings (SSSR count). The molecule has 1 N–H and O–H groups in total. The molecule has 0 saturated carbocycles. The van der Waals surface area contributed by atoms with Crippen LogP contribution in [0.15, 0.2) is 42.6 Å². The largest absolute Gasteiger partial charge is 0.481 e. The van der Waals surface area contributed by atoms with Crippen LogP contribution < -0.4 is 15.0 Å². The highest BCUT2D eigenvalue weighted by Gasteiger charge is 2.26. The fourth-order valence-electron chi connectivity index (χ4n) is 4.12. The second-order valence-electron chi connectivity index (χ2n) is 8.28. The minimum atomic E-state index is 0.00902. The summed E-state index contributed by atoms with van der Waals surface area (Å²) < 4.78 is 7.19. The van der Waals surface area contributed by atoms with Crippen LogP contribution in [0.25, 0.3) is 0 Å². The Bertz CT molecular complexity index is 1070. The summed E-state index contributed by atoms with van der Waals surface area (Å²) in [7, 11) is 1.59. The lowest BCUT2D eigenvalue weighted by Crippen LogP contribution is -2.41. The van der Waals surface area contributed by atoms with Crippen LogP contribution in [0.3, 0.4) is 0 Å². The number of aryl methyl sites for hydroxylation is 2. The molecule has 3 heterocycles. The third-order valence-corrected chi connectivity index (χ3v) is 5.87. The average Bonchev–Trinajstić information content (AvgIpc) is 3.14. The highest BCUT2D eigenvalue weighted by atomic mass is 16.5. The second-order valence-corrected chi connectivity index (χ2v) is 8.28. The van der Waals surface area contributed by atoms with E-state index >= 15 is 0 Å². The second kappa shape index (κ2) is 9.80. The van der Waals surface area contributed by atoms with Gasteiger partial charge in [0.2, 0.25) is 17.7 Å². The van der Waals surface area contributed by atoms with Gasteiger partial charge in [0.05, 0.1) is 19.3 Å². The van der Waals surface area contributed by atoms with E-state index in [0.29, 0.717) is 18.4 Å². The van der Waals surface area contributed by atoms with E-state index in [-0.39, 0.29) is 11.8 Å². The summed E-state index contributed by atoms with van der Waals surface area (Å²) in [6.07, 6.45) is 3.26. The number of hydrogen-bond donors (Lipinski definition) is 1. The zero-order valence-corrected chi connectivity index (χ0v) is 18.9. The monoisotopic (exact) mass is 434 g/mol. The molecule has 1 amide bonds. The van der Waals surface area contributed by atoms with E-state index < -0.39 is 0 Å². The minimum Gasteiger partial charge on any atom is -0.481 e. The Hall–Kier alpha value is -3.42. The molecule has 1 aliphatic rings. The molecule has 8 nitrogen and oxygen atoms in total. The number of benzene rings is 1. The maximum absolute atomic E-state index is 12.7. The Kier molecular flexibility index (Phi) is 6.68. The molecule has 0 unspecified atom stereocenters. The van der Waals surface area contributed by atoms with Crippen LogP contribution in [0.1, 0.15) is 35.4 Å². The summed E-state index contributed by atoms with van der Waals surface area (Å²) in [6, 6.07) is 12.1. The van der Waals surface area contributed by atoms with Crippen LogP contribution in [0.2, 0.25) is 0 Å². The molecule has 0 spiro atoms. The molecule has 1 aromatic carbocycles. The molecule has 0 atom stereocenters. The maximum Gasteiger partial charge on any atom is 0.228 e. The number of anilines is 1. The number of nitrogens with one attached hydrogen (secondary N) is 1. The fraction of sp³-hybridized carbons (Fsp3) is 0.417. The summed E-state index contributed by atoms with van der Waals surface area (Å²) in [5.74, 6) is 1.33. The molecule has 32 heavy (non-hydrogen) atoms. The van der Waals surface area contributed by atoms with Gasteiger partial charge in [-0.05, 0) is 43.9 Å². The van der Waals surface area contributed by atoms with Crippen molar-refractivity contribution < 1.29 is 9.53 Å². The van der Waals surface area contributed by atoms with E-state index in [2.05, 4.69) is 50.4 Å². The summed E-state index contributed by atoms with van der Waals surface area (Å²) in [6.45, 7) is 6.83. The first-order chi connectivity index (χ1) is 15.5. The lowest BCUT2D eigenvalue weighted by molar-refractivity contribution is -0.125. The number of hydrogen-bond acceptors (Lipinski definition) is 6. The molecule has 168 valence electrons. The Morgan fingerprint density at radius 3 is 2.66 bits per heavy atom. The van der Waals surface area contributed by atoms with E-state index in [1.807, 2.05) is 23.7 Å². The van der Waals surface area contributed by atoms with E-state index in [0.717, 1.165) is 49.4 Å². The predicted octanol–water partition coefficient (Wildman–Crippen LogP) is 2.88. The molecule has 0 aliphatic carbocycles. The standard InChI is InChI=1S/C24H30N6O2/c1-17-13-18(2)30(28-17)16-20-6-4-5-19(14-20)15-26-23(31)21-8-11-29(12-9-21)24-25-10-7-22(27-24)32-3/h4-7,10,13-14,21H,8-9,11-12,15-16H2,1-3H3,(H,26,31). The van der Waals surface area contributed by atoms with Crippen LogP contribution in [-0.2, 0) is 17.9 Å². The zero-order chi connectivity index (χ0) is 22.5. The Morgan fingerprint density at radius 1 is 1.16 bits per heavy atom. The summed E-state index contributed by atoms with van der Waals surface area (Å²) in [5, 5.41) is 7.65. The number of carbonyl (C=O) groups excluding carboxylic acids is 1. The van der Waals surface area contributed by atoms with Crippen molar-refractivity contribution in [1.82, 2.24) is 25.1 Å². The molecular weight excluding hydrogens is 404 g/mol. The van der Waals surface area contributed by atoms with Crippen LogP contribution in [0.4, 0.5) is 5.95 Å². The van der Waals surface area contributed by atoms with Crippen molar-refractivity contribution in [3.8, 4) is 5.88 Å². The highest BCUT2D eigenvalue weighted by molar-refractivity contribution is 5.78. The normalized spacial score (nSPS) is 14.4. The van der Waals surface area contributed by atoms with Gasteiger partial charge in [-0.15, -0.1) is 0 Å². The smallest absolute Gasteiger partial charge is 0.228 e. The van der Waals surface area contributed by atoms with Gasteiger partial charge in [0.1, 0.15) is 0 Å². The number of nitrogens with zero attached hydrogens (tertiary/aromatic N) is 5. The first-order valence-corrected chi connectivity index (χ1v) is 11.0. The number of carbonyl (C=O) groups is 1. The lowest BCUT2D eigenvalue weighted by Gasteiger charge is -2.31. The number of ether oxygens (including phenoxy) is 1. The van der Waals surface area contributed by atoms with Gasteiger partial charge in [-0.2, -0.15) is 10.1 Å². The molecule has 2 aromatic heterocycles. The number of piperidine rings is 1. The van der Waals surface area contributed by atoms with Crippen LogP contribution in [-0.4, -0.2) is 45.9 Å². The van der Waals surface area contributed by atoms with Gasteiger partial charge < -0.3 is 15.0 Å². The Morgan fingerprint density at radius 2 is 1.94 bits per heavy atom. The van der Waals surface area contributed by atoms with Crippen molar-refractivity contribution in [3.63, 3.8) is 0 Å². The number of amides is 1. The predicted molar refractivity (Wildman–Crippen MR) is 123 cm³/mol. The van der Waals surface area contributed by atoms with Gasteiger partial charge in [0.25, 0.3) is 0 Å². The third kappa shape index (κ3) is 5.25. The maximum atomic E-state index is 12.7. The minimum absolute atomic E-state index is 0.00902. The van der Waals surface area contributed by atoms with Crippen LogP contribution >= 0.6 is 0 Å². The molecule has 0 bridgehead atoms. The van der Waals surface area contributed by atoms with E-state index in [1.165, 1.54) is 5.56 Å². The quantitative estimate of drug-likeness (QED) is 0.616. The summed E-state index contributed by atoms with van der Waals surface area (Å²) >= 11 is 0. The van der Waals surface area contributed by atoms with E-state index in [1.54, 1.807) is 19.4 Å². The van der Waals surface area contributed by atoms with Crippen LogP contribution in [0, 0.1) is 19.8 Å². The van der Waals surface area contributed by atoms with Crippen molar-refractivity contribution in [2.75, 3.05) is 25.1 Å². The van der Waals surface area contributed by atoms with Crippen molar-refractivity contribution in [2.45, 2.75) is 39.8 Å². The number of rotatable bonds is 7. The highest BCUT2D eigenvalue weighted by Crippen LogP contribution is 2.22. The molecule has 1 fully saturated rings. The van der Waals surface area contributed by atoms with Gasteiger partial charge in [0.15, 0.2) is 0 Å². The van der Waals surface area contributed by atoms with Crippen molar-refractivity contribution in [2.24, 2.45) is 5.92 Å². The fourth-order valence-corrected chi connectivity index (χ4v) is 4.12. The molecule has 1 saturated heterocycles. The van der Waals surface area contributed by atoms with Gasteiger partial charge in [-0.25, -0.2) is 4.98 Å². The Balaban J connectivity index is 1.28. The van der Waals surface area contributed by atoms with E-state index in [4.69, 9.17) is 4.74 Å². The number of methoxy groups -OCH3 is 1. The summed E-state index contributed by atoms with van der Waals surface area (Å²) in [4.78, 5) is 23.6. The average molecular weight is 435 g/mol. The van der Waals surface area contributed by atoms with E-state index in [9.17, 15) is 4.79 Å². The number of aromatic nitrogens is 4. The van der Waals surface area contributed by atoms with Crippen LogP contribution in [0.5, 0.6) is 5.88 Å².